The largest absolute Gasteiger partial charge is 0.490 e. The first-order chi connectivity index (χ1) is 9.69. The van der Waals surface area contributed by atoms with Crippen molar-refractivity contribution in [2.24, 2.45) is 0 Å². The van der Waals surface area contributed by atoms with Gasteiger partial charge in [0.25, 0.3) is 0 Å². The molecular weight excluding hydrogens is 320 g/mol. The third-order valence-corrected chi connectivity index (χ3v) is 3.85. The fourth-order valence-electron chi connectivity index (χ4n) is 2.24. The maximum absolute atomic E-state index is 5.96. The maximum Gasteiger partial charge on any atom is 0.124 e. The van der Waals surface area contributed by atoms with E-state index in [1.54, 1.807) is 0 Å². The van der Waals surface area contributed by atoms with Crippen LogP contribution in [0, 0.1) is 0 Å². The van der Waals surface area contributed by atoms with E-state index in [1.165, 1.54) is 5.56 Å². The van der Waals surface area contributed by atoms with E-state index >= 15 is 0 Å². The number of halogens is 1. The summed E-state index contributed by atoms with van der Waals surface area (Å²) in [6.45, 7) is 7.18. The smallest absolute Gasteiger partial charge is 0.124 e. The zero-order valence-corrected chi connectivity index (χ0v) is 13.8. The molecule has 20 heavy (non-hydrogen) atoms. The zero-order valence-electron chi connectivity index (χ0n) is 12.2. The summed E-state index contributed by atoms with van der Waals surface area (Å²) in [4.78, 5) is 2.28. The van der Waals surface area contributed by atoms with Gasteiger partial charge in [0.05, 0.1) is 6.61 Å². The Morgan fingerprint density at radius 1 is 1.50 bits per heavy atom. The lowest BCUT2D eigenvalue weighted by Gasteiger charge is -2.30. The van der Waals surface area contributed by atoms with Gasteiger partial charge in [-0.3, -0.25) is 0 Å². The lowest BCUT2D eigenvalue weighted by molar-refractivity contribution is -0.0404. The second-order valence-electron chi connectivity index (χ2n) is 5.10. The minimum atomic E-state index is 0.157. The highest BCUT2D eigenvalue weighted by atomic mass is 79.9. The molecule has 1 fully saturated rings. The lowest BCUT2D eigenvalue weighted by atomic mass is 10.2. The number of morpholine rings is 1. The van der Waals surface area contributed by atoms with Crippen molar-refractivity contribution in [3.05, 3.63) is 28.2 Å². The second kappa shape index (κ2) is 7.98. The molecule has 1 aliphatic heterocycles. The first-order valence-corrected chi connectivity index (χ1v) is 7.90. The van der Waals surface area contributed by atoms with Gasteiger partial charge in [-0.1, -0.05) is 22.9 Å². The molecule has 0 bridgehead atoms. The zero-order chi connectivity index (χ0) is 14.4. The third-order valence-electron chi connectivity index (χ3n) is 3.35. The second-order valence-corrected chi connectivity index (χ2v) is 6.01. The molecule has 0 aliphatic carbocycles. The van der Waals surface area contributed by atoms with Gasteiger partial charge in [0, 0.05) is 29.7 Å². The molecule has 1 unspecified atom stereocenters. The monoisotopic (exact) mass is 342 g/mol. The van der Waals surface area contributed by atoms with Gasteiger partial charge >= 0.3 is 0 Å². The topological polar surface area (TPSA) is 33.7 Å². The summed E-state index contributed by atoms with van der Waals surface area (Å²) in [5, 5.41) is 3.34. The van der Waals surface area contributed by atoms with Gasteiger partial charge in [-0.2, -0.15) is 0 Å². The number of benzene rings is 1. The van der Waals surface area contributed by atoms with Gasteiger partial charge in [0.1, 0.15) is 18.5 Å². The van der Waals surface area contributed by atoms with E-state index in [-0.39, 0.29) is 6.10 Å². The molecule has 0 amide bonds. The Balaban J connectivity index is 1.93. The highest BCUT2D eigenvalue weighted by Crippen LogP contribution is 2.23. The van der Waals surface area contributed by atoms with E-state index < -0.39 is 0 Å². The molecule has 1 aromatic rings. The minimum absolute atomic E-state index is 0.157. The molecule has 0 spiro atoms. The van der Waals surface area contributed by atoms with E-state index in [0.717, 1.165) is 43.0 Å². The highest BCUT2D eigenvalue weighted by Gasteiger charge is 2.18. The molecule has 4 nitrogen and oxygen atoms in total. The Kier molecular flexibility index (Phi) is 6.29. The number of ether oxygens (including phenoxy) is 2. The van der Waals surface area contributed by atoms with Crippen LogP contribution >= 0.6 is 15.9 Å². The molecule has 1 saturated heterocycles. The molecule has 1 heterocycles. The summed E-state index contributed by atoms with van der Waals surface area (Å²) >= 11 is 3.51. The first-order valence-electron chi connectivity index (χ1n) is 7.11. The van der Waals surface area contributed by atoms with E-state index in [4.69, 9.17) is 9.47 Å². The quantitative estimate of drug-likeness (QED) is 0.859. The standard InChI is InChI=1S/C15H23BrN2O2/c1-3-17-9-12-8-13(16)4-5-15(12)20-11-14-10-18(2)6-7-19-14/h4-5,8,14,17H,3,6-7,9-11H2,1-2H3. The molecule has 0 aromatic heterocycles. The van der Waals surface area contributed by atoms with Crippen molar-refractivity contribution in [2.45, 2.75) is 19.6 Å². The Hall–Kier alpha value is -0.620. The molecule has 0 saturated carbocycles. The fourth-order valence-corrected chi connectivity index (χ4v) is 2.65. The van der Waals surface area contributed by atoms with Crippen LogP contribution in [-0.2, 0) is 11.3 Å². The number of rotatable bonds is 6. The summed E-state index contributed by atoms with van der Waals surface area (Å²) in [7, 11) is 2.12. The highest BCUT2D eigenvalue weighted by molar-refractivity contribution is 9.10. The number of hydrogen-bond donors (Lipinski definition) is 1. The van der Waals surface area contributed by atoms with Crippen LogP contribution in [0.4, 0.5) is 0 Å². The predicted molar refractivity (Wildman–Crippen MR) is 84.3 cm³/mol. The summed E-state index contributed by atoms with van der Waals surface area (Å²) in [6.07, 6.45) is 0.157. The Morgan fingerprint density at radius 3 is 3.10 bits per heavy atom. The van der Waals surface area contributed by atoms with Crippen LogP contribution in [-0.4, -0.2) is 50.9 Å². The first kappa shape index (κ1) is 15.8. The van der Waals surface area contributed by atoms with Crippen molar-refractivity contribution in [3.63, 3.8) is 0 Å². The van der Waals surface area contributed by atoms with Crippen LogP contribution in [0.25, 0.3) is 0 Å². The fraction of sp³-hybridized carbons (Fsp3) is 0.600. The van der Waals surface area contributed by atoms with Crippen LogP contribution < -0.4 is 10.1 Å². The Bertz CT molecular complexity index is 428. The third kappa shape index (κ3) is 4.74. The summed E-state index contributed by atoms with van der Waals surface area (Å²) in [6, 6.07) is 6.13. The number of nitrogens with one attached hydrogen (secondary N) is 1. The molecule has 1 aliphatic rings. The van der Waals surface area contributed by atoms with E-state index in [1.807, 2.05) is 12.1 Å². The molecule has 0 radical (unpaired) electrons. The average Bonchev–Trinajstić information content (AvgIpc) is 2.44. The summed E-state index contributed by atoms with van der Waals surface area (Å²) in [5.41, 5.74) is 1.17. The molecule has 1 atom stereocenters. The van der Waals surface area contributed by atoms with E-state index in [2.05, 4.69) is 46.2 Å². The Labute approximate surface area is 129 Å². The maximum atomic E-state index is 5.96. The summed E-state index contributed by atoms with van der Waals surface area (Å²) in [5.74, 6) is 0.936. The van der Waals surface area contributed by atoms with Gasteiger partial charge < -0.3 is 19.7 Å². The Morgan fingerprint density at radius 2 is 2.35 bits per heavy atom. The van der Waals surface area contributed by atoms with E-state index in [0.29, 0.717) is 6.61 Å². The SMILES string of the molecule is CCNCc1cc(Br)ccc1OCC1CN(C)CCO1. The molecular formula is C15H23BrN2O2. The number of hydrogen-bond acceptors (Lipinski definition) is 4. The van der Waals surface area contributed by atoms with Crippen molar-refractivity contribution in [1.82, 2.24) is 10.2 Å². The van der Waals surface area contributed by atoms with Crippen LogP contribution in [0.5, 0.6) is 5.75 Å². The summed E-state index contributed by atoms with van der Waals surface area (Å²) < 4.78 is 12.8. The average molecular weight is 343 g/mol. The molecule has 1 N–H and O–H groups in total. The molecule has 2 rings (SSSR count). The van der Waals surface area contributed by atoms with Gasteiger partial charge in [-0.25, -0.2) is 0 Å². The van der Waals surface area contributed by atoms with Gasteiger partial charge in [0.15, 0.2) is 0 Å². The number of nitrogens with zero attached hydrogens (tertiary/aromatic N) is 1. The number of likely N-dealkylation sites (N-methyl/N-ethyl adjacent to an activating group) is 1. The normalized spacial score (nSPS) is 20.1. The van der Waals surface area contributed by atoms with Gasteiger partial charge in [-0.05, 0) is 31.8 Å². The van der Waals surface area contributed by atoms with Gasteiger partial charge in [0.2, 0.25) is 0 Å². The van der Waals surface area contributed by atoms with Crippen LogP contribution in [0.3, 0.4) is 0 Å². The lowest BCUT2D eigenvalue weighted by Crippen LogP contribution is -2.42. The van der Waals surface area contributed by atoms with Crippen molar-refractivity contribution < 1.29 is 9.47 Å². The van der Waals surface area contributed by atoms with Crippen molar-refractivity contribution in [2.75, 3.05) is 39.9 Å². The van der Waals surface area contributed by atoms with Crippen LogP contribution in [0.15, 0.2) is 22.7 Å². The molecule has 112 valence electrons. The van der Waals surface area contributed by atoms with Crippen molar-refractivity contribution in [3.8, 4) is 5.75 Å². The molecule has 1 aromatic carbocycles. The van der Waals surface area contributed by atoms with Crippen LogP contribution in [0.2, 0.25) is 0 Å². The van der Waals surface area contributed by atoms with Gasteiger partial charge in [-0.15, -0.1) is 0 Å². The van der Waals surface area contributed by atoms with Crippen molar-refractivity contribution >= 4 is 15.9 Å². The van der Waals surface area contributed by atoms with E-state index in [9.17, 15) is 0 Å². The molecule has 5 heteroatoms. The van der Waals surface area contributed by atoms with Crippen LogP contribution in [0.1, 0.15) is 12.5 Å². The van der Waals surface area contributed by atoms with Crippen molar-refractivity contribution in [1.29, 1.82) is 0 Å². The minimum Gasteiger partial charge on any atom is -0.490 e. The predicted octanol–water partition coefficient (Wildman–Crippen LogP) is 2.27.